The van der Waals surface area contributed by atoms with Gasteiger partial charge in [0.05, 0.1) is 23.8 Å². The van der Waals surface area contributed by atoms with Gasteiger partial charge in [-0.2, -0.15) is 0 Å². The molecule has 1 atom stereocenters. The molecule has 1 fully saturated rings. The third-order valence-corrected chi connectivity index (χ3v) is 5.81. The minimum Gasteiger partial charge on any atom is -0.390 e. The summed E-state index contributed by atoms with van der Waals surface area (Å²) >= 11 is 0. The van der Waals surface area contributed by atoms with Crippen LogP contribution in [0.25, 0.3) is 0 Å². The number of aliphatic hydroxyl groups is 1. The quantitative estimate of drug-likeness (QED) is 0.788. The topological polar surface area (TPSA) is 64.1 Å². The fourth-order valence-electron chi connectivity index (χ4n) is 4.30. The summed E-state index contributed by atoms with van der Waals surface area (Å²) in [6, 6.07) is 13.3. The van der Waals surface area contributed by atoms with Crippen molar-refractivity contribution in [2.75, 3.05) is 44.2 Å². The van der Waals surface area contributed by atoms with Gasteiger partial charge in [0.15, 0.2) is 0 Å². The predicted octanol–water partition coefficient (Wildman–Crippen LogP) is 2.08. The van der Waals surface area contributed by atoms with Gasteiger partial charge < -0.3 is 10.0 Å². The molecular formula is C23H27N3O3. The summed E-state index contributed by atoms with van der Waals surface area (Å²) in [5.74, 6) is -0.631. The van der Waals surface area contributed by atoms with E-state index in [-0.39, 0.29) is 18.4 Å². The molecule has 6 nitrogen and oxygen atoms in total. The van der Waals surface area contributed by atoms with Crippen molar-refractivity contribution in [2.45, 2.75) is 20.0 Å². The lowest BCUT2D eigenvalue weighted by Gasteiger charge is -2.37. The summed E-state index contributed by atoms with van der Waals surface area (Å²) in [4.78, 5) is 30.7. The molecule has 2 heterocycles. The Morgan fingerprint density at radius 3 is 2.10 bits per heavy atom. The first-order valence-corrected chi connectivity index (χ1v) is 10.1. The summed E-state index contributed by atoms with van der Waals surface area (Å²) in [5.41, 5.74) is 4.66. The fourth-order valence-corrected chi connectivity index (χ4v) is 4.30. The molecule has 0 aromatic heterocycles. The number of rotatable bonds is 5. The van der Waals surface area contributed by atoms with E-state index >= 15 is 0 Å². The molecule has 2 amide bonds. The van der Waals surface area contributed by atoms with Crippen LogP contribution in [0, 0.1) is 13.8 Å². The molecule has 0 bridgehead atoms. The Bertz CT molecular complexity index is 900. The van der Waals surface area contributed by atoms with E-state index in [1.807, 2.05) is 0 Å². The first kappa shape index (κ1) is 19.6. The predicted molar refractivity (Wildman–Crippen MR) is 112 cm³/mol. The number of fused-ring (bicyclic) bond motifs is 1. The Morgan fingerprint density at radius 1 is 0.897 bits per heavy atom. The van der Waals surface area contributed by atoms with Gasteiger partial charge in [0, 0.05) is 38.4 Å². The van der Waals surface area contributed by atoms with Crippen molar-refractivity contribution in [2.24, 2.45) is 0 Å². The van der Waals surface area contributed by atoms with Gasteiger partial charge in [0.2, 0.25) is 0 Å². The Hall–Kier alpha value is -2.70. The van der Waals surface area contributed by atoms with Crippen molar-refractivity contribution in [3.8, 4) is 0 Å². The average molecular weight is 393 g/mol. The number of amides is 2. The Kier molecular flexibility index (Phi) is 5.39. The highest BCUT2D eigenvalue weighted by molar-refractivity contribution is 6.21. The van der Waals surface area contributed by atoms with E-state index in [1.165, 1.54) is 21.7 Å². The van der Waals surface area contributed by atoms with Crippen LogP contribution in [-0.4, -0.2) is 72.1 Å². The SMILES string of the molecule is Cc1ccc(N2CCN(CC(O)CN3C(=O)c4ccccc4C3=O)CC2)c(C)c1. The maximum atomic E-state index is 12.5. The van der Waals surface area contributed by atoms with Crippen LogP contribution in [0.4, 0.5) is 5.69 Å². The van der Waals surface area contributed by atoms with Gasteiger partial charge in [-0.05, 0) is 37.6 Å². The highest BCUT2D eigenvalue weighted by Gasteiger charge is 2.36. The highest BCUT2D eigenvalue weighted by Crippen LogP contribution is 2.24. The zero-order valence-corrected chi connectivity index (χ0v) is 17.0. The number of carbonyl (C=O) groups is 2. The van der Waals surface area contributed by atoms with Gasteiger partial charge in [-0.1, -0.05) is 29.8 Å². The van der Waals surface area contributed by atoms with Gasteiger partial charge in [0.1, 0.15) is 0 Å². The number of β-amino-alcohol motifs (C(OH)–C–C–N with tert-alkyl or cyclic N) is 1. The van der Waals surface area contributed by atoms with E-state index in [1.54, 1.807) is 24.3 Å². The number of aliphatic hydroxyl groups excluding tert-OH is 1. The molecule has 2 aliphatic heterocycles. The van der Waals surface area contributed by atoms with E-state index in [4.69, 9.17) is 0 Å². The molecule has 2 aromatic carbocycles. The molecular weight excluding hydrogens is 366 g/mol. The number of hydrogen-bond donors (Lipinski definition) is 1. The Morgan fingerprint density at radius 2 is 1.52 bits per heavy atom. The van der Waals surface area contributed by atoms with E-state index in [2.05, 4.69) is 41.8 Å². The van der Waals surface area contributed by atoms with Crippen LogP contribution < -0.4 is 4.90 Å². The smallest absolute Gasteiger partial charge is 0.261 e. The number of benzene rings is 2. The van der Waals surface area contributed by atoms with Crippen LogP contribution >= 0.6 is 0 Å². The normalized spacial score (nSPS) is 18.3. The standard InChI is InChI=1S/C23H27N3O3/c1-16-7-8-21(17(2)13-16)25-11-9-24(10-12-25)14-18(27)15-26-22(28)19-5-3-4-6-20(19)23(26)29/h3-8,13,18,27H,9-12,14-15H2,1-2H3. The lowest BCUT2D eigenvalue weighted by atomic mass is 10.1. The number of piperazine rings is 1. The van der Waals surface area contributed by atoms with Crippen molar-refractivity contribution in [3.05, 3.63) is 64.7 Å². The first-order valence-electron chi connectivity index (χ1n) is 10.1. The molecule has 2 aliphatic rings. The van der Waals surface area contributed by atoms with Crippen LogP contribution in [-0.2, 0) is 0 Å². The van der Waals surface area contributed by atoms with Crippen molar-refractivity contribution in [1.82, 2.24) is 9.80 Å². The summed E-state index contributed by atoms with van der Waals surface area (Å²) in [6.45, 7) is 8.19. The molecule has 6 heteroatoms. The summed E-state index contributed by atoms with van der Waals surface area (Å²) in [7, 11) is 0. The average Bonchev–Trinajstić information content (AvgIpc) is 2.94. The second-order valence-corrected chi connectivity index (χ2v) is 8.00. The van der Waals surface area contributed by atoms with E-state index < -0.39 is 6.10 Å². The maximum absolute atomic E-state index is 12.5. The Balaban J connectivity index is 1.31. The number of anilines is 1. The summed E-state index contributed by atoms with van der Waals surface area (Å²) < 4.78 is 0. The number of aryl methyl sites for hydroxylation is 2. The molecule has 1 unspecified atom stereocenters. The molecule has 0 aliphatic carbocycles. The minimum atomic E-state index is -0.759. The van der Waals surface area contributed by atoms with Crippen molar-refractivity contribution in [3.63, 3.8) is 0 Å². The van der Waals surface area contributed by atoms with Gasteiger partial charge in [-0.3, -0.25) is 19.4 Å². The monoisotopic (exact) mass is 393 g/mol. The molecule has 152 valence electrons. The molecule has 0 radical (unpaired) electrons. The molecule has 2 aromatic rings. The van der Waals surface area contributed by atoms with Crippen molar-refractivity contribution < 1.29 is 14.7 Å². The lowest BCUT2D eigenvalue weighted by molar-refractivity contribution is 0.0469. The molecule has 1 saturated heterocycles. The molecule has 29 heavy (non-hydrogen) atoms. The minimum absolute atomic E-state index is 0.0314. The highest BCUT2D eigenvalue weighted by atomic mass is 16.3. The first-order chi connectivity index (χ1) is 13.9. The zero-order chi connectivity index (χ0) is 20.5. The molecule has 1 N–H and O–H groups in total. The van der Waals surface area contributed by atoms with Crippen molar-refractivity contribution >= 4 is 17.5 Å². The largest absolute Gasteiger partial charge is 0.390 e. The van der Waals surface area contributed by atoms with E-state index in [0.29, 0.717) is 17.7 Å². The van der Waals surface area contributed by atoms with Crippen LogP contribution in [0.5, 0.6) is 0 Å². The second-order valence-electron chi connectivity index (χ2n) is 8.00. The number of nitrogens with zero attached hydrogens (tertiary/aromatic N) is 3. The molecule has 0 saturated carbocycles. The zero-order valence-electron chi connectivity index (χ0n) is 17.0. The van der Waals surface area contributed by atoms with Gasteiger partial charge in [-0.25, -0.2) is 0 Å². The van der Waals surface area contributed by atoms with Gasteiger partial charge >= 0.3 is 0 Å². The van der Waals surface area contributed by atoms with E-state index in [0.717, 1.165) is 26.2 Å². The van der Waals surface area contributed by atoms with Crippen LogP contribution in [0.2, 0.25) is 0 Å². The fraction of sp³-hybridized carbons (Fsp3) is 0.391. The van der Waals surface area contributed by atoms with Crippen LogP contribution in [0.3, 0.4) is 0 Å². The number of carbonyl (C=O) groups excluding carboxylic acids is 2. The summed E-state index contributed by atoms with van der Waals surface area (Å²) in [6.07, 6.45) is -0.759. The van der Waals surface area contributed by atoms with Crippen LogP contribution in [0.1, 0.15) is 31.8 Å². The van der Waals surface area contributed by atoms with Crippen LogP contribution in [0.15, 0.2) is 42.5 Å². The van der Waals surface area contributed by atoms with Gasteiger partial charge in [0.25, 0.3) is 11.8 Å². The Labute approximate surface area is 171 Å². The lowest BCUT2D eigenvalue weighted by Crippen LogP contribution is -2.50. The second kappa shape index (κ2) is 7.97. The third-order valence-electron chi connectivity index (χ3n) is 5.81. The third kappa shape index (κ3) is 3.91. The molecule has 0 spiro atoms. The number of hydrogen-bond acceptors (Lipinski definition) is 5. The van der Waals surface area contributed by atoms with Gasteiger partial charge in [-0.15, -0.1) is 0 Å². The molecule has 4 rings (SSSR count). The maximum Gasteiger partial charge on any atom is 0.261 e. The van der Waals surface area contributed by atoms with E-state index in [9.17, 15) is 14.7 Å². The summed E-state index contributed by atoms with van der Waals surface area (Å²) in [5, 5.41) is 10.5. The number of imide groups is 1. The van der Waals surface area contributed by atoms with Crippen molar-refractivity contribution in [1.29, 1.82) is 0 Å².